The number of piperidine rings is 1. The van der Waals surface area contributed by atoms with Crippen molar-refractivity contribution in [2.24, 2.45) is 5.73 Å². The Hall–Kier alpha value is -0.840. The van der Waals surface area contributed by atoms with Crippen molar-refractivity contribution in [3.8, 4) is 0 Å². The monoisotopic (exact) mass is 266 g/mol. The quantitative estimate of drug-likeness (QED) is 0.889. The van der Waals surface area contributed by atoms with Gasteiger partial charge in [0.1, 0.15) is 11.5 Å². The number of likely N-dealkylation sites (tertiary alicyclic amines) is 1. The van der Waals surface area contributed by atoms with Crippen molar-refractivity contribution >= 4 is 0 Å². The SMILES string of the molecule is CCOC1CCN(C(c2ccc(C)o2)C(C)N)CC1. The first-order valence-electron chi connectivity index (χ1n) is 7.29. The van der Waals surface area contributed by atoms with Gasteiger partial charge in [0.05, 0.1) is 12.1 Å². The molecule has 0 bridgehead atoms. The molecule has 1 aliphatic heterocycles. The second kappa shape index (κ2) is 6.55. The van der Waals surface area contributed by atoms with Crippen LogP contribution in [0.15, 0.2) is 16.5 Å². The number of hydrogen-bond acceptors (Lipinski definition) is 4. The fourth-order valence-corrected chi connectivity index (χ4v) is 2.94. The molecule has 0 radical (unpaired) electrons. The average molecular weight is 266 g/mol. The second-order valence-corrected chi connectivity index (χ2v) is 5.44. The molecule has 4 nitrogen and oxygen atoms in total. The predicted octanol–water partition coefficient (Wildman–Crippen LogP) is 2.48. The molecule has 2 atom stereocenters. The molecule has 2 rings (SSSR count). The molecule has 0 saturated carbocycles. The lowest BCUT2D eigenvalue weighted by Gasteiger charge is -2.38. The highest BCUT2D eigenvalue weighted by molar-refractivity contribution is 5.12. The number of aryl methyl sites for hydroxylation is 1. The molecule has 2 unspecified atom stereocenters. The summed E-state index contributed by atoms with van der Waals surface area (Å²) >= 11 is 0. The van der Waals surface area contributed by atoms with Gasteiger partial charge in [0.25, 0.3) is 0 Å². The van der Waals surface area contributed by atoms with Gasteiger partial charge in [0, 0.05) is 25.7 Å². The number of nitrogens with two attached hydrogens (primary N) is 1. The van der Waals surface area contributed by atoms with Crippen molar-refractivity contribution in [2.45, 2.75) is 51.8 Å². The standard InChI is InChI=1S/C15H26N2O2/c1-4-18-13-7-9-17(10-8-13)15(12(3)16)14-6-5-11(2)19-14/h5-6,12-13,15H,4,7-10,16H2,1-3H3. The van der Waals surface area contributed by atoms with Crippen molar-refractivity contribution in [1.82, 2.24) is 4.90 Å². The Bertz CT molecular complexity index is 381. The molecule has 2 heterocycles. The van der Waals surface area contributed by atoms with Gasteiger partial charge >= 0.3 is 0 Å². The van der Waals surface area contributed by atoms with Crippen LogP contribution < -0.4 is 5.73 Å². The average Bonchev–Trinajstić information content (AvgIpc) is 2.78. The first kappa shape index (κ1) is 14.6. The molecule has 19 heavy (non-hydrogen) atoms. The fraction of sp³-hybridized carbons (Fsp3) is 0.733. The molecule has 1 fully saturated rings. The van der Waals surface area contributed by atoms with E-state index in [-0.39, 0.29) is 12.1 Å². The minimum Gasteiger partial charge on any atom is -0.465 e. The highest BCUT2D eigenvalue weighted by Crippen LogP contribution is 2.28. The van der Waals surface area contributed by atoms with Gasteiger partial charge in [-0.25, -0.2) is 0 Å². The number of furan rings is 1. The molecule has 0 aromatic carbocycles. The minimum atomic E-state index is 0.0641. The lowest BCUT2D eigenvalue weighted by molar-refractivity contribution is -0.00161. The van der Waals surface area contributed by atoms with E-state index in [1.807, 2.05) is 13.0 Å². The Morgan fingerprint density at radius 3 is 2.58 bits per heavy atom. The van der Waals surface area contributed by atoms with Crippen LogP contribution in [-0.4, -0.2) is 36.7 Å². The topological polar surface area (TPSA) is 51.6 Å². The van der Waals surface area contributed by atoms with Crippen LogP contribution in [0.1, 0.15) is 44.3 Å². The van der Waals surface area contributed by atoms with E-state index in [0.717, 1.165) is 44.1 Å². The summed E-state index contributed by atoms with van der Waals surface area (Å²) in [6.07, 6.45) is 2.57. The first-order chi connectivity index (χ1) is 9.11. The maximum absolute atomic E-state index is 6.17. The normalized spacial score (nSPS) is 21.5. The molecule has 0 amide bonds. The van der Waals surface area contributed by atoms with Gasteiger partial charge in [-0.3, -0.25) is 4.90 Å². The Morgan fingerprint density at radius 2 is 2.11 bits per heavy atom. The zero-order valence-electron chi connectivity index (χ0n) is 12.3. The molecule has 1 aliphatic rings. The van der Waals surface area contributed by atoms with Crippen molar-refractivity contribution in [2.75, 3.05) is 19.7 Å². The summed E-state index contributed by atoms with van der Waals surface area (Å²) in [7, 11) is 0. The number of nitrogens with zero attached hydrogens (tertiary/aromatic N) is 1. The summed E-state index contributed by atoms with van der Waals surface area (Å²) < 4.78 is 11.5. The third-order valence-electron chi connectivity index (χ3n) is 3.82. The molecular weight excluding hydrogens is 240 g/mol. The summed E-state index contributed by atoms with van der Waals surface area (Å²) in [6, 6.07) is 4.31. The number of rotatable bonds is 5. The molecule has 2 N–H and O–H groups in total. The predicted molar refractivity (Wildman–Crippen MR) is 76.1 cm³/mol. The van der Waals surface area contributed by atoms with Gasteiger partial charge in [-0.1, -0.05) is 0 Å². The van der Waals surface area contributed by atoms with Crippen LogP contribution in [0.25, 0.3) is 0 Å². The maximum Gasteiger partial charge on any atom is 0.122 e. The molecular formula is C15H26N2O2. The zero-order valence-corrected chi connectivity index (χ0v) is 12.3. The molecule has 1 aromatic heterocycles. The van der Waals surface area contributed by atoms with E-state index in [1.165, 1.54) is 0 Å². The first-order valence-corrected chi connectivity index (χ1v) is 7.29. The van der Waals surface area contributed by atoms with Gasteiger partial charge in [0.15, 0.2) is 0 Å². The van der Waals surface area contributed by atoms with Crippen LogP contribution in [0, 0.1) is 6.92 Å². The van der Waals surface area contributed by atoms with E-state index in [2.05, 4.69) is 24.8 Å². The summed E-state index contributed by atoms with van der Waals surface area (Å²) in [5.41, 5.74) is 6.17. The van der Waals surface area contributed by atoms with E-state index >= 15 is 0 Å². The summed E-state index contributed by atoms with van der Waals surface area (Å²) in [5.74, 6) is 1.94. The van der Waals surface area contributed by atoms with Crippen LogP contribution in [0.4, 0.5) is 0 Å². The number of hydrogen-bond donors (Lipinski definition) is 1. The van der Waals surface area contributed by atoms with Gasteiger partial charge in [0.2, 0.25) is 0 Å². The van der Waals surface area contributed by atoms with Gasteiger partial charge < -0.3 is 14.9 Å². The minimum absolute atomic E-state index is 0.0641. The Kier molecular flexibility index (Phi) is 5.02. The largest absolute Gasteiger partial charge is 0.465 e. The van der Waals surface area contributed by atoms with Crippen LogP contribution in [0.5, 0.6) is 0 Å². The van der Waals surface area contributed by atoms with Crippen LogP contribution >= 0.6 is 0 Å². The Labute approximate surface area is 115 Å². The molecule has 4 heteroatoms. The van der Waals surface area contributed by atoms with E-state index in [4.69, 9.17) is 14.9 Å². The van der Waals surface area contributed by atoms with E-state index in [0.29, 0.717) is 6.10 Å². The Morgan fingerprint density at radius 1 is 1.42 bits per heavy atom. The highest BCUT2D eigenvalue weighted by Gasteiger charge is 2.30. The molecule has 1 aromatic rings. The fourth-order valence-electron chi connectivity index (χ4n) is 2.94. The van der Waals surface area contributed by atoms with Crippen molar-refractivity contribution < 1.29 is 9.15 Å². The van der Waals surface area contributed by atoms with Crippen LogP contribution in [-0.2, 0) is 4.74 Å². The van der Waals surface area contributed by atoms with E-state index in [1.54, 1.807) is 0 Å². The van der Waals surface area contributed by atoms with Gasteiger partial charge in [-0.2, -0.15) is 0 Å². The maximum atomic E-state index is 6.17. The molecule has 0 spiro atoms. The summed E-state index contributed by atoms with van der Waals surface area (Å²) in [6.45, 7) is 8.94. The van der Waals surface area contributed by atoms with Crippen LogP contribution in [0.2, 0.25) is 0 Å². The second-order valence-electron chi connectivity index (χ2n) is 5.44. The van der Waals surface area contributed by atoms with Gasteiger partial charge in [-0.05, 0) is 45.7 Å². The smallest absolute Gasteiger partial charge is 0.122 e. The van der Waals surface area contributed by atoms with Crippen molar-refractivity contribution in [3.05, 3.63) is 23.7 Å². The summed E-state index contributed by atoms with van der Waals surface area (Å²) in [5, 5.41) is 0. The summed E-state index contributed by atoms with van der Waals surface area (Å²) in [4.78, 5) is 2.43. The number of ether oxygens (including phenoxy) is 1. The lowest BCUT2D eigenvalue weighted by Crippen LogP contribution is -2.45. The molecule has 108 valence electrons. The lowest BCUT2D eigenvalue weighted by atomic mass is 10.0. The Balaban J connectivity index is 2.01. The third kappa shape index (κ3) is 3.59. The van der Waals surface area contributed by atoms with Crippen LogP contribution in [0.3, 0.4) is 0 Å². The van der Waals surface area contributed by atoms with E-state index < -0.39 is 0 Å². The molecule has 0 aliphatic carbocycles. The highest BCUT2D eigenvalue weighted by atomic mass is 16.5. The van der Waals surface area contributed by atoms with E-state index in [9.17, 15) is 0 Å². The van der Waals surface area contributed by atoms with Crippen molar-refractivity contribution in [1.29, 1.82) is 0 Å². The van der Waals surface area contributed by atoms with Gasteiger partial charge in [-0.15, -0.1) is 0 Å². The van der Waals surface area contributed by atoms with Crippen molar-refractivity contribution in [3.63, 3.8) is 0 Å². The molecule has 1 saturated heterocycles. The third-order valence-corrected chi connectivity index (χ3v) is 3.82. The zero-order chi connectivity index (χ0) is 13.8.